The number of carbonyl (C=O) groups is 1. The second-order valence-electron chi connectivity index (χ2n) is 7.60. The Morgan fingerprint density at radius 1 is 1.00 bits per heavy atom. The lowest BCUT2D eigenvalue weighted by molar-refractivity contribution is 0.0946. The number of nitrogens with zero attached hydrogens (tertiary/aromatic N) is 1. The summed E-state index contributed by atoms with van der Waals surface area (Å²) in [6, 6.07) is 22.6. The number of methoxy groups -OCH3 is 1. The third kappa shape index (κ3) is 4.13. The number of ether oxygens (including phenoxy) is 1. The molecule has 0 aliphatic rings. The average molecular weight is 476 g/mol. The summed E-state index contributed by atoms with van der Waals surface area (Å²) in [5.41, 5.74) is 4.45. The fourth-order valence-corrected chi connectivity index (χ4v) is 4.35. The van der Waals surface area contributed by atoms with Crippen molar-refractivity contribution in [2.75, 3.05) is 7.11 Å². The summed E-state index contributed by atoms with van der Waals surface area (Å²) in [5.74, 6) is 0.420. The second-order valence-corrected chi connectivity index (χ2v) is 8.44. The lowest BCUT2D eigenvalue weighted by atomic mass is 10.1. The predicted molar refractivity (Wildman–Crippen MR) is 133 cm³/mol. The molecule has 5 aromatic rings. The molecule has 0 saturated carbocycles. The van der Waals surface area contributed by atoms with Crippen molar-refractivity contribution in [2.45, 2.75) is 6.54 Å². The first-order valence-corrected chi connectivity index (χ1v) is 11.1. The summed E-state index contributed by atoms with van der Waals surface area (Å²) in [6.07, 6.45) is 0. The third-order valence-corrected chi connectivity index (χ3v) is 6.11. The highest BCUT2D eigenvalue weighted by Crippen LogP contribution is 2.34. The van der Waals surface area contributed by atoms with Crippen LogP contribution in [0.4, 0.5) is 0 Å². The number of carbonyl (C=O) groups excluding carboxylic acids is 1. The minimum absolute atomic E-state index is 0.261. The van der Waals surface area contributed by atoms with Crippen molar-refractivity contribution in [3.63, 3.8) is 0 Å². The fraction of sp³-hybridized carbons (Fsp3) is 0.0769. The number of para-hydroxylation sites is 1. The van der Waals surface area contributed by atoms with E-state index >= 15 is 0 Å². The van der Waals surface area contributed by atoms with E-state index in [0.717, 1.165) is 32.9 Å². The molecule has 3 aromatic carbocycles. The number of rotatable bonds is 5. The number of H-pyrrole nitrogens is 1. The Balaban J connectivity index is 1.59. The van der Waals surface area contributed by atoms with E-state index in [0.29, 0.717) is 27.2 Å². The van der Waals surface area contributed by atoms with Crippen molar-refractivity contribution in [1.29, 1.82) is 0 Å². The van der Waals surface area contributed by atoms with Crippen LogP contribution in [-0.2, 0) is 6.54 Å². The number of nitrogens with one attached hydrogen (secondary N) is 2. The zero-order chi connectivity index (χ0) is 22.9. The number of fused-ring (bicyclic) bond motifs is 3. The van der Waals surface area contributed by atoms with Crippen molar-refractivity contribution >= 4 is 50.9 Å². The van der Waals surface area contributed by atoms with Crippen LogP contribution in [0.15, 0.2) is 72.8 Å². The lowest BCUT2D eigenvalue weighted by Gasteiger charge is -2.10. The van der Waals surface area contributed by atoms with Gasteiger partial charge in [-0.3, -0.25) is 4.79 Å². The van der Waals surface area contributed by atoms with Crippen molar-refractivity contribution < 1.29 is 9.53 Å². The Morgan fingerprint density at radius 2 is 1.85 bits per heavy atom. The van der Waals surface area contributed by atoms with E-state index in [1.807, 2.05) is 54.6 Å². The molecule has 0 saturated heterocycles. The monoisotopic (exact) mass is 475 g/mol. The van der Waals surface area contributed by atoms with Gasteiger partial charge < -0.3 is 15.0 Å². The van der Waals surface area contributed by atoms with E-state index in [-0.39, 0.29) is 12.5 Å². The van der Waals surface area contributed by atoms with Crippen LogP contribution in [0, 0.1) is 0 Å². The summed E-state index contributed by atoms with van der Waals surface area (Å²) in [6.45, 7) is 0.261. The predicted octanol–water partition coefficient (Wildman–Crippen LogP) is 6.63. The number of benzene rings is 3. The molecular weight excluding hydrogens is 457 g/mol. The van der Waals surface area contributed by atoms with Gasteiger partial charge in [-0.15, -0.1) is 0 Å². The summed E-state index contributed by atoms with van der Waals surface area (Å²) in [7, 11) is 1.62. The van der Waals surface area contributed by atoms with Crippen LogP contribution in [-0.4, -0.2) is 23.0 Å². The summed E-state index contributed by atoms with van der Waals surface area (Å²) in [5, 5.41) is 5.91. The second kappa shape index (κ2) is 8.77. The summed E-state index contributed by atoms with van der Waals surface area (Å²) >= 11 is 12.2. The Labute approximate surface area is 200 Å². The van der Waals surface area contributed by atoms with E-state index in [4.69, 9.17) is 32.9 Å². The number of aromatic amines is 1. The molecule has 5 rings (SSSR count). The van der Waals surface area contributed by atoms with Gasteiger partial charge in [0.15, 0.2) is 0 Å². The largest absolute Gasteiger partial charge is 0.497 e. The van der Waals surface area contributed by atoms with Gasteiger partial charge in [-0.1, -0.05) is 59.6 Å². The van der Waals surface area contributed by atoms with Gasteiger partial charge in [-0.25, -0.2) is 4.98 Å². The number of hydrogen-bond donors (Lipinski definition) is 2. The van der Waals surface area contributed by atoms with Crippen LogP contribution < -0.4 is 10.1 Å². The van der Waals surface area contributed by atoms with E-state index < -0.39 is 0 Å². The quantitative estimate of drug-likeness (QED) is 0.299. The van der Waals surface area contributed by atoms with Gasteiger partial charge in [-0.2, -0.15) is 0 Å². The summed E-state index contributed by atoms with van der Waals surface area (Å²) in [4.78, 5) is 21.3. The van der Waals surface area contributed by atoms with E-state index in [9.17, 15) is 4.79 Å². The zero-order valence-corrected chi connectivity index (χ0v) is 19.2. The molecule has 0 aliphatic carbocycles. The topological polar surface area (TPSA) is 67.0 Å². The fourth-order valence-electron chi connectivity index (χ4n) is 3.87. The Morgan fingerprint density at radius 3 is 2.67 bits per heavy atom. The van der Waals surface area contributed by atoms with Gasteiger partial charge in [0.2, 0.25) is 0 Å². The number of hydrogen-bond acceptors (Lipinski definition) is 3. The smallest absolute Gasteiger partial charge is 0.270 e. The molecule has 7 heteroatoms. The van der Waals surface area contributed by atoms with Crippen LogP contribution in [0.2, 0.25) is 10.0 Å². The van der Waals surface area contributed by atoms with Gasteiger partial charge >= 0.3 is 0 Å². The normalized spacial score (nSPS) is 11.1. The molecule has 0 spiro atoms. The van der Waals surface area contributed by atoms with Crippen LogP contribution in [0.25, 0.3) is 33.1 Å². The number of pyridine rings is 1. The molecule has 2 aromatic heterocycles. The highest BCUT2D eigenvalue weighted by molar-refractivity contribution is 6.35. The molecular formula is C26H19Cl2N3O2. The minimum Gasteiger partial charge on any atom is -0.497 e. The first-order valence-electron chi connectivity index (χ1n) is 10.3. The zero-order valence-electron chi connectivity index (χ0n) is 17.7. The lowest BCUT2D eigenvalue weighted by Crippen LogP contribution is -2.24. The molecule has 0 unspecified atom stereocenters. The highest BCUT2D eigenvalue weighted by atomic mass is 35.5. The molecule has 2 heterocycles. The highest BCUT2D eigenvalue weighted by Gasteiger charge is 2.17. The molecule has 0 atom stereocenters. The van der Waals surface area contributed by atoms with Crippen molar-refractivity contribution in [3.05, 3.63) is 94.1 Å². The van der Waals surface area contributed by atoms with Gasteiger partial charge in [0.25, 0.3) is 5.91 Å². The number of aromatic nitrogens is 2. The van der Waals surface area contributed by atoms with Gasteiger partial charge in [0, 0.05) is 38.4 Å². The average Bonchev–Trinajstić information content (AvgIpc) is 3.21. The minimum atomic E-state index is -0.294. The molecule has 2 N–H and O–H groups in total. The molecule has 0 aliphatic heterocycles. The van der Waals surface area contributed by atoms with Crippen molar-refractivity contribution in [1.82, 2.24) is 15.3 Å². The van der Waals surface area contributed by atoms with Crippen LogP contribution >= 0.6 is 23.2 Å². The van der Waals surface area contributed by atoms with Crippen LogP contribution in [0.5, 0.6) is 5.75 Å². The van der Waals surface area contributed by atoms with E-state index in [2.05, 4.69) is 10.3 Å². The standard InChI is InChI=1S/C26H19Cl2N3O2/c1-33-18-6-4-5-15(11-18)24-25-20(19-7-2-3-8-22(19)30-25)13-23(31-24)26(32)29-14-16-9-10-17(27)12-21(16)28/h2-13,30H,14H2,1H3,(H,29,32). The summed E-state index contributed by atoms with van der Waals surface area (Å²) < 4.78 is 5.39. The van der Waals surface area contributed by atoms with E-state index in [1.165, 1.54) is 0 Å². The van der Waals surface area contributed by atoms with Crippen molar-refractivity contribution in [2.24, 2.45) is 0 Å². The number of halogens is 2. The Bertz CT molecular complexity index is 1510. The van der Waals surface area contributed by atoms with Crippen molar-refractivity contribution in [3.8, 4) is 17.0 Å². The molecule has 0 bridgehead atoms. The molecule has 0 radical (unpaired) electrons. The maximum atomic E-state index is 13.1. The maximum absolute atomic E-state index is 13.1. The SMILES string of the molecule is COc1cccc(-c2nc(C(=O)NCc3ccc(Cl)cc3Cl)cc3c2[nH]c2ccccc23)c1. The molecule has 5 nitrogen and oxygen atoms in total. The van der Waals surface area contributed by atoms with Crippen LogP contribution in [0.1, 0.15) is 16.1 Å². The van der Waals surface area contributed by atoms with Gasteiger partial charge in [-0.05, 0) is 42.0 Å². The van der Waals surface area contributed by atoms with Crippen LogP contribution in [0.3, 0.4) is 0 Å². The Kier molecular flexibility index (Phi) is 5.67. The third-order valence-electron chi connectivity index (χ3n) is 5.53. The first-order chi connectivity index (χ1) is 16.0. The van der Waals surface area contributed by atoms with E-state index in [1.54, 1.807) is 25.3 Å². The molecule has 1 amide bonds. The van der Waals surface area contributed by atoms with Gasteiger partial charge in [0.1, 0.15) is 11.4 Å². The molecule has 33 heavy (non-hydrogen) atoms. The maximum Gasteiger partial charge on any atom is 0.270 e. The number of amides is 1. The molecule has 164 valence electrons. The Hall–Kier alpha value is -3.54. The van der Waals surface area contributed by atoms with Gasteiger partial charge in [0.05, 0.1) is 18.3 Å². The molecule has 0 fully saturated rings. The first kappa shape index (κ1) is 21.3.